The van der Waals surface area contributed by atoms with Crippen molar-refractivity contribution < 1.29 is 9.53 Å². The van der Waals surface area contributed by atoms with E-state index < -0.39 is 0 Å². The molecule has 36 heavy (non-hydrogen) atoms. The van der Waals surface area contributed by atoms with Crippen molar-refractivity contribution in [2.24, 2.45) is 14.1 Å². The molecule has 1 fully saturated rings. The molecular weight excluding hydrogens is 460 g/mol. The monoisotopic (exact) mass is 488 g/mol. The lowest BCUT2D eigenvalue weighted by atomic mass is 10.0. The smallest absolute Gasteiger partial charge is 0.332 e. The number of benzene rings is 1. The first-order valence-electron chi connectivity index (χ1n) is 11.7. The summed E-state index contributed by atoms with van der Waals surface area (Å²) in [6.07, 6.45) is 3.85. The highest BCUT2D eigenvalue weighted by molar-refractivity contribution is 6.10. The Morgan fingerprint density at radius 2 is 1.86 bits per heavy atom. The predicted octanol–water partition coefficient (Wildman–Crippen LogP) is 1.17. The Hall–Kier alpha value is -4.23. The van der Waals surface area contributed by atoms with E-state index in [0.717, 1.165) is 30.6 Å². The molecule has 0 N–H and O–H groups in total. The third-order valence-electron chi connectivity index (χ3n) is 6.35. The molecule has 0 radical (unpaired) electrons. The van der Waals surface area contributed by atoms with Crippen LogP contribution in [0.1, 0.15) is 27.9 Å². The van der Waals surface area contributed by atoms with Crippen LogP contribution in [-0.4, -0.2) is 64.1 Å². The van der Waals surface area contributed by atoms with Gasteiger partial charge in [0.15, 0.2) is 5.78 Å². The van der Waals surface area contributed by atoms with Crippen molar-refractivity contribution in [3.05, 3.63) is 86.3 Å². The fraction of sp³-hybridized carbons (Fsp3) is 0.346. The summed E-state index contributed by atoms with van der Waals surface area (Å²) in [5.74, 6) is 0.841. The molecular formula is C26H28N6O4. The van der Waals surface area contributed by atoms with E-state index in [4.69, 9.17) is 4.74 Å². The third kappa shape index (κ3) is 5.37. The average molecular weight is 489 g/mol. The Labute approximate surface area is 208 Å². The normalized spacial score (nSPS) is 13.9. The maximum absolute atomic E-state index is 13.0. The van der Waals surface area contributed by atoms with E-state index in [-0.39, 0.29) is 17.0 Å². The van der Waals surface area contributed by atoms with Gasteiger partial charge in [-0.3, -0.25) is 28.6 Å². The summed E-state index contributed by atoms with van der Waals surface area (Å²) < 4.78 is 8.56. The minimum Gasteiger partial charge on any atom is -0.493 e. The van der Waals surface area contributed by atoms with Crippen molar-refractivity contribution in [2.75, 3.05) is 44.2 Å². The van der Waals surface area contributed by atoms with E-state index in [1.807, 2.05) is 0 Å². The van der Waals surface area contributed by atoms with Crippen LogP contribution in [0.3, 0.4) is 0 Å². The summed E-state index contributed by atoms with van der Waals surface area (Å²) in [4.78, 5) is 45.6. The minimum absolute atomic E-state index is 0.239. The summed E-state index contributed by atoms with van der Waals surface area (Å²) in [5, 5.41) is 9.25. The second kappa shape index (κ2) is 11.0. The van der Waals surface area contributed by atoms with E-state index in [2.05, 4.69) is 20.9 Å². The Balaban J connectivity index is 1.32. The van der Waals surface area contributed by atoms with Gasteiger partial charge in [-0.25, -0.2) is 4.79 Å². The summed E-state index contributed by atoms with van der Waals surface area (Å²) in [6, 6.07) is 11.8. The minimum atomic E-state index is -0.332. The zero-order valence-electron chi connectivity index (χ0n) is 20.4. The van der Waals surface area contributed by atoms with Crippen molar-refractivity contribution in [3.8, 4) is 11.8 Å². The van der Waals surface area contributed by atoms with Crippen LogP contribution in [0, 0.1) is 11.3 Å². The second-order valence-electron chi connectivity index (χ2n) is 8.67. The molecule has 0 aliphatic carbocycles. The van der Waals surface area contributed by atoms with Crippen LogP contribution in [-0.2, 0) is 14.1 Å². The van der Waals surface area contributed by atoms with Gasteiger partial charge in [-0.2, -0.15) is 5.26 Å². The first kappa shape index (κ1) is 24.9. The number of ketones is 1. The highest BCUT2D eigenvalue weighted by Crippen LogP contribution is 2.23. The first-order chi connectivity index (χ1) is 17.4. The standard InChI is InChI=1S/C26H28N6O4/c1-29-23(16-24(33)30(2)26(29)35)32-12-10-31(11-13-32)9-4-14-36-22-7-6-19(17-27)15-21(22)25(34)20-5-3-8-28-18-20/h3,5-8,15-16,18H,4,9-14H2,1-2H3. The van der Waals surface area contributed by atoms with Crippen molar-refractivity contribution in [1.82, 2.24) is 19.0 Å². The van der Waals surface area contributed by atoms with Gasteiger partial charge in [-0.1, -0.05) is 0 Å². The Kier molecular flexibility index (Phi) is 7.61. The molecule has 0 saturated carbocycles. The number of hydrogen-bond acceptors (Lipinski definition) is 8. The van der Waals surface area contributed by atoms with Gasteiger partial charge in [0.05, 0.1) is 23.8 Å². The van der Waals surface area contributed by atoms with E-state index >= 15 is 0 Å². The number of aromatic nitrogens is 3. The zero-order valence-corrected chi connectivity index (χ0v) is 20.4. The van der Waals surface area contributed by atoms with Crippen molar-refractivity contribution >= 4 is 11.6 Å². The number of rotatable bonds is 8. The lowest BCUT2D eigenvalue weighted by Gasteiger charge is -2.36. The molecule has 0 unspecified atom stereocenters. The number of ether oxygens (including phenoxy) is 1. The summed E-state index contributed by atoms with van der Waals surface area (Å²) in [7, 11) is 3.15. The van der Waals surface area contributed by atoms with Gasteiger partial charge in [0.2, 0.25) is 0 Å². The molecule has 3 aromatic rings. The molecule has 1 aromatic carbocycles. The number of carbonyl (C=O) groups excluding carboxylic acids is 1. The number of nitriles is 1. The van der Waals surface area contributed by atoms with E-state index in [1.165, 1.54) is 23.9 Å². The van der Waals surface area contributed by atoms with Gasteiger partial charge in [-0.15, -0.1) is 0 Å². The second-order valence-corrected chi connectivity index (χ2v) is 8.67. The number of hydrogen-bond donors (Lipinski definition) is 0. The van der Waals surface area contributed by atoms with Crippen LogP contribution >= 0.6 is 0 Å². The third-order valence-corrected chi connectivity index (χ3v) is 6.35. The van der Waals surface area contributed by atoms with Crippen LogP contribution in [0.4, 0.5) is 5.82 Å². The first-order valence-corrected chi connectivity index (χ1v) is 11.7. The van der Waals surface area contributed by atoms with E-state index in [9.17, 15) is 19.6 Å². The van der Waals surface area contributed by atoms with Crippen LogP contribution < -0.4 is 20.9 Å². The molecule has 10 heteroatoms. The average Bonchev–Trinajstić information content (AvgIpc) is 2.92. The highest BCUT2D eigenvalue weighted by Gasteiger charge is 2.20. The van der Waals surface area contributed by atoms with Crippen molar-refractivity contribution in [2.45, 2.75) is 6.42 Å². The van der Waals surface area contributed by atoms with Gasteiger partial charge < -0.3 is 9.64 Å². The van der Waals surface area contributed by atoms with Crippen LogP contribution in [0.15, 0.2) is 58.4 Å². The summed E-state index contributed by atoms with van der Waals surface area (Å²) in [6.45, 7) is 4.24. The van der Waals surface area contributed by atoms with Crippen LogP contribution in [0.5, 0.6) is 5.75 Å². The van der Waals surface area contributed by atoms with Gasteiger partial charge >= 0.3 is 5.69 Å². The lowest BCUT2D eigenvalue weighted by molar-refractivity contribution is 0.103. The highest BCUT2D eigenvalue weighted by atomic mass is 16.5. The molecule has 186 valence electrons. The van der Waals surface area contributed by atoms with E-state index in [1.54, 1.807) is 43.6 Å². The Bertz CT molecular complexity index is 1400. The quantitative estimate of drug-likeness (QED) is 0.343. The Morgan fingerprint density at radius 3 is 2.56 bits per heavy atom. The van der Waals surface area contributed by atoms with Crippen molar-refractivity contribution in [3.63, 3.8) is 0 Å². The van der Waals surface area contributed by atoms with Crippen LogP contribution in [0.2, 0.25) is 0 Å². The molecule has 0 atom stereocenters. The maximum Gasteiger partial charge on any atom is 0.332 e. The summed E-state index contributed by atoms with van der Waals surface area (Å²) in [5.41, 5.74) is 0.527. The lowest BCUT2D eigenvalue weighted by Crippen LogP contribution is -2.49. The molecule has 1 saturated heterocycles. The molecule has 10 nitrogen and oxygen atoms in total. The van der Waals surface area contributed by atoms with Gasteiger partial charge in [0.1, 0.15) is 11.6 Å². The molecule has 3 heterocycles. The number of pyridine rings is 1. The number of carbonyl (C=O) groups is 1. The largest absolute Gasteiger partial charge is 0.493 e. The topological polar surface area (TPSA) is 113 Å². The Morgan fingerprint density at radius 1 is 1.08 bits per heavy atom. The molecule has 0 amide bonds. The molecule has 4 rings (SSSR count). The maximum atomic E-state index is 13.0. The number of piperazine rings is 1. The predicted molar refractivity (Wildman–Crippen MR) is 135 cm³/mol. The summed E-state index contributed by atoms with van der Waals surface area (Å²) >= 11 is 0. The molecule has 0 spiro atoms. The van der Waals surface area contributed by atoms with Gasteiger partial charge in [-0.05, 0) is 36.8 Å². The fourth-order valence-corrected chi connectivity index (χ4v) is 4.25. The molecule has 2 aromatic heterocycles. The molecule has 0 bridgehead atoms. The number of nitrogens with zero attached hydrogens (tertiary/aromatic N) is 6. The molecule has 1 aliphatic heterocycles. The fourth-order valence-electron chi connectivity index (χ4n) is 4.25. The number of anilines is 1. The van der Waals surface area contributed by atoms with Gasteiger partial charge in [0, 0.05) is 70.8 Å². The SMILES string of the molecule is Cn1c(N2CCN(CCCOc3ccc(C#N)cc3C(=O)c3cccnc3)CC2)cc(=O)n(C)c1=O. The van der Waals surface area contributed by atoms with Crippen LogP contribution in [0.25, 0.3) is 0 Å². The van der Waals surface area contributed by atoms with Gasteiger partial charge in [0.25, 0.3) is 5.56 Å². The van der Waals surface area contributed by atoms with E-state index in [0.29, 0.717) is 48.0 Å². The zero-order chi connectivity index (χ0) is 25.7. The van der Waals surface area contributed by atoms with Crippen molar-refractivity contribution in [1.29, 1.82) is 5.26 Å². The molecule has 1 aliphatic rings.